The standard InChI is InChI=1S/2C34H48FN3O2/c2*1-3-4-5-6-7-8-9-15-33(39)40-32(26-16-18-27(35)19-17-26)14-11-21-37-22-20-30-29(25-37)28-12-10-13-31-34(28)38(30)24-23-36(31)2/h2*10,12-13,16-19,29-30,32H,3-9,11,14-15,20-25H2,1-2H3/t29-,30-,32+;29-,30-,32-/m00/s1. The van der Waals surface area contributed by atoms with Gasteiger partial charge in [-0.15, -0.1) is 0 Å². The van der Waals surface area contributed by atoms with E-state index in [1.54, 1.807) is 24.3 Å². The van der Waals surface area contributed by atoms with Crippen LogP contribution in [0.3, 0.4) is 0 Å². The van der Waals surface area contributed by atoms with Gasteiger partial charge in [-0.25, -0.2) is 8.78 Å². The van der Waals surface area contributed by atoms with Crippen LogP contribution in [0.25, 0.3) is 0 Å². The minimum atomic E-state index is -0.315. The molecule has 10 nitrogen and oxygen atoms in total. The lowest BCUT2D eigenvalue weighted by molar-refractivity contribution is -0.151. The van der Waals surface area contributed by atoms with E-state index >= 15 is 0 Å². The summed E-state index contributed by atoms with van der Waals surface area (Å²) < 4.78 is 39.2. The van der Waals surface area contributed by atoms with Crippen LogP contribution in [0, 0.1) is 11.6 Å². The fourth-order valence-corrected chi connectivity index (χ4v) is 14.2. The van der Waals surface area contributed by atoms with E-state index in [4.69, 9.17) is 9.47 Å². The minimum Gasteiger partial charge on any atom is -0.457 e. The van der Waals surface area contributed by atoms with E-state index in [2.05, 4.69) is 93.7 Å². The van der Waals surface area contributed by atoms with Crippen molar-refractivity contribution >= 4 is 34.7 Å². The SMILES string of the molecule is CCCCCCCCCC(=O)O[C@@H](CCCN1CC[C@H]2[C@@H](C1)c1cccc3c1N2CCN3C)c1ccc(F)cc1.CCCCCCCCCC(=O)O[C@H](CCCN1CC[C@H]2[C@@H](C1)c1cccc3c1N2CCN3C)c1ccc(F)cc1. The molecule has 0 saturated carbocycles. The quantitative estimate of drug-likeness (QED) is 0.0406. The first kappa shape index (κ1) is 59.4. The molecule has 0 radical (unpaired) electrons. The summed E-state index contributed by atoms with van der Waals surface area (Å²) in [4.78, 5) is 40.8. The second-order valence-corrected chi connectivity index (χ2v) is 24.3. The van der Waals surface area contributed by atoms with Crippen LogP contribution in [-0.2, 0) is 19.1 Å². The van der Waals surface area contributed by atoms with Gasteiger partial charge in [-0.2, -0.15) is 0 Å². The maximum Gasteiger partial charge on any atom is 0.306 e. The molecule has 10 rings (SSSR count). The van der Waals surface area contributed by atoms with Crippen LogP contribution in [0.2, 0.25) is 0 Å². The number of hydrogen-bond donors (Lipinski definition) is 0. The molecule has 2 saturated heterocycles. The average molecular weight is 1100 g/mol. The van der Waals surface area contributed by atoms with Crippen molar-refractivity contribution in [3.63, 3.8) is 0 Å². The minimum absolute atomic E-state index is 0.127. The van der Waals surface area contributed by atoms with Crippen molar-refractivity contribution in [3.8, 4) is 0 Å². The van der Waals surface area contributed by atoms with E-state index in [1.807, 2.05) is 0 Å². The highest BCUT2D eigenvalue weighted by Gasteiger charge is 2.46. The van der Waals surface area contributed by atoms with E-state index in [-0.39, 0.29) is 35.8 Å². The van der Waals surface area contributed by atoms with Crippen molar-refractivity contribution in [1.82, 2.24) is 9.80 Å². The van der Waals surface area contributed by atoms with Gasteiger partial charge in [0.2, 0.25) is 0 Å². The smallest absolute Gasteiger partial charge is 0.306 e. The summed E-state index contributed by atoms with van der Waals surface area (Å²) in [5.41, 5.74) is 10.5. The zero-order chi connectivity index (χ0) is 55.8. The van der Waals surface area contributed by atoms with Crippen molar-refractivity contribution < 1.29 is 27.8 Å². The van der Waals surface area contributed by atoms with Crippen molar-refractivity contribution in [1.29, 1.82) is 0 Å². The first-order valence-electron chi connectivity index (χ1n) is 31.7. The molecule has 80 heavy (non-hydrogen) atoms. The van der Waals surface area contributed by atoms with E-state index in [0.29, 0.717) is 36.8 Å². The number of rotatable bonds is 28. The van der Waals surface area contributed by atoms with Gasteiger partial charge < -0.3 is 38.9 Å². The molecule has 6 atom stereocenters. The maximum absolute atomic E-state index is 13.6. The van der Waals surface area contributed by atoms with Gasteiger partial charge in [-0.05, 0) is 123 Å². The van der Waals surface area contributed by atoms with E-state index in [1.165, 1.54) is 135 Å². The summed E-state index contributed by atoms with van der Waals surface area (Å²) in [5, 5.41) is 0. The van der Waals surface area contributed by atoms with Gasteiger partial charge in [0.15, 0.2) is 0 Å². The van der Waals surface area contributed by atoms with Crippen LogP contribution in [0.1, 0.15) is 201 Å². The second-order valence-electron chi connectivity index (χ2n) is 24.3. The summed E-state index contributed by atoms with van der Waals surface area (Å²) in [6, 6.07) is 27.9. The molecule has 6 heterocycles. The average Bonchev–Trinajstić information content (AvgIpc) is 3.97. The van der Waals surface area contributed by atoms with Crippen molar-refractivity contribution in [2.45, 2.75) is 191 Å². The highest BCUT2D eigenvalue weighted by atomic mass is 19.1. The van der Waals surface area contributed by atoms with Crippen LogP contribution in [-0.4, -0.2) is 113 Å². The molecule has 0 amide bonds. The van der Waals surface area contributed by atoms with Gasteiger partial charge >= 0.3 is 11.9 Å². The zero-order valence-electron chi connectivity index (χ0n) is 49.2. The number of nitrogens with zero attached hydrogens (tertiary/aromatic N) is 6. The van der Waals surface area contributed by atoms with Crippen molar-refractivity contribution in [3.05, 3.63) is 119 Å². The topological polar surface area (TPSA) is 72.0 Å². The van der Waals surface area contributed by atoms with Gasteiger partial charge in [0, 0.05) is 103 Å². The molecule has 436 valence electrons. The van der Waals surface area contributed by atoms with Crippen LogP contribution < -0.4 is 19.6 Å². The van der Waals surface area contributed by atoms with Crippen molar-refractivity contribution in [2.75, 3.05) is 99.1 Å². The number of ether oxygens (including phenoxy) is 2. The number of benzene rings is 4. The molecule has 0 spiro atoms. The van der Waals surface area contributed by atoms with Crippen LogP contribution in [0.4, 0.5) is 31.5 Å². The summed E-state index contributed by atoms with van der Waals surface area (Å²) in [7, 11) is 4.42. The Bertz CT molecular complexity index is 2390. The van der Waals surface area contributed by atoms with E-state index in [9.17, 15) is 18.4 Å². The summed E-state index contributed by atoms with van der Waals surface area (Å²) in [6.45, 7) is 15.2. The van der Waals surface area contributed by atoms with Gasteiger partial charge in [0.25, 0.3) is 0 Å². The van der Waals surface area contributed by atoms with Gasteiger partial charge in [0.1, 0.15) is 23.8 Å². The first-order valence-corrected chi connectivity index (χ1v) is 31.7. The molecule has 0 aliphatic carbocycles. The number of anilines is 4. The Labute approximate surface area is 479 Å². The highest BCUT2D eigenvalue weighted by Crippen LogP contribution is 2.52. The number of hydrogen-bond acceptors (Lipinski definition) is 10. The number of carbonyl (C=O) groups is 2. The second kappa shape index (κ2) is 29.7. The maximum atomic E-state index is 13.6. The number of unbranched alkanes of at least 4 members (excludes halogenated alkanes) is 12. The summed E-state index contributed by atoms with van der Waals surface area (Å²) in [6.07, 6.45) is 22.6. The van der Waals surface area contributed by atoms with E-state index < -0.39 is 0 Å². The molecule has 12 heteroatoms. The zero-order valence-corrected chi connectivity index (χ0v) is 49.2. The number of carbonyl (C=O) groups excluding carboxylic acids is 2. The lowest BCUT2D eigenvalue weighted by Crippen LogP contribution is -2.49. The first-order chi connectivity index (χ1) is 39.1. The Morgan fingerprint density at radius 2 is 0.875 bits per heavy atom. The number of fused-ring (bicyclic) bond motifs is 6. The normalized spacial score (nSPS) is 20.8. The molecule has 4 aromatic rings. The molecule has 0 aromatic heterocycles. The van der Waals surface area contributed by atoms with Crippen LogP contribution >= 0.6 is 0 Å². The molecule has 6 aliphatic heterocycles. The third-order valence-electron chi connectivity index (χ3n) is 18.6. The molecule has 6 aliphatic rings. The third kappa shape index (κ3) is 15.3. The Balaban J connectivity index is 0.000000194. The number of likely N-dealkylation sites (N-methyl/N-ethyl adjacent to an activating group) is 2. The van der Waals surface area contributed by atoms with Crippen molar-refractivity contribution in [2.24, 2.45) is 0 Å². The molecule has 0 unspecified atom stereocenters. The Morgan fingerprint density at radius 1 is 0.487 bits per heavy atom. The Hall–Kier alpha value is -5.20. The third-order valence-corrected chi connectivity index (χ3v) is 18.6. The molecular weight excluding hydrogens is 1000 g/mol. The number of esters is 2. The largest absolute Gasteiger partial charge is 0.457 e. The molecule has 0 N–H and O–H groups in total. The monoisotopic (exact) mass is 1100 g/mol. The Morgan fingerprint density at radius 3 is 1.27 bits per heavy atom. The lowest BCUT2D eigenvalue weighted by atomic mass is 9.89. The summed E-state index contributed by atoms with van der Waals surface area (Å²) >= 11 is 0. The van der Waals surface area contributed by atoms with Gasteiger partial charge in [-0.3, -0.25) is 9.59 Å². The van der Waals surface area contributed by atoms with Gasteiger partial charge in [0.05, 0.1) is 22.7 Å². The number of piperidine rings is 2. The summed E-state index contributed by atoms with van der Waals surface area (Å²) in [5.74, 6) is 0.342. The number of likely N-dealkylation sites (tertiary alicyclic amines) is 2. The molecule has 4 aromatic carbocycles. The number of para-hydroxylation sites is 2. The van der Waals surface area contributed by atoms with Gasteiger partial charge in [-0.1, -0.05) is 139 Å². The van der Waals surface area contributed by atoms with E-state index in [0.717, 1.165) is 128 Å². The Kier molecular flexibility index (Phi) is 22.0. The fourth-order valence-electron chi connectivity index (χ4n) is 14.2. The van der Waals surface area contributed by atoms with Crippen LogP contribution in [0.15, 0.2) is 84.9 Å². The predicted molar refractivity (Wildman–Crippen MR) is 323 cm³/mol. The lowest BCUT2D eigenvalue weighted by Gasteiger charge is -2.41. The molecule has 2 fully saturated rings. The highest BCUT2D eigenvalue weighted by molar-refractivity contribution is 5.82. The van der Waals surface area contributed by atoms with Crippen LogP contribution in [0.5, 0.6) is 0 Å². The molecule has 0 bridgehead atoms. The predicted octanol–water partition coefficient (Wildman–Crippen LogP) is 14.9. The number of halogens is 2. The fraction of sp³-hybridized carbons (Fsp3) is 0.618. The molecular formula is C68H96F2N6O4.